The summed E-state index contributed by atoms with van der Waals surface area (Å²) in [4.78, 5) is 9.65. The molecule has 8 aromatic rings. The van der Waals surface area contributed by atoms with Crippen molar-refractivity contribution in [1.82, 2.24) is 31.2 Å². The Morgan fingerprint density at radius 2 is 0.825 bits per heavy atom. The average molecular weight is 1160 g/mol. The van der Waals surface area contributed by atoms with E-state index in [1.165, 1.54) is 0 Å². The van der Waals surface area contributed by atoms with Crippen molar-refractivity contribution in [3.05, 3.63) is 175 Å². The summed E-state index contributed by atoms with van der Waals surface area (Å²) in [6.45, 7) is 3.65. The lowest BCUT2D eigenvalue weighted by Crippen LogP contribution is -2.18. The molecule has 0 spiro atoms. The smallest absolute Gasteiger partial charge is 0.218 e. The van der Waals surface area contributed by atoms with Crippen LogP contribution < -0.4 is 40.2 Å². The molecule has 2 heterocycles. The first-order valence-electron chi connectivity index (χ1n) is 26.0. The SMILES string of the molecule is COc1cc(-c2cc(COc3cc(CNCCO)ccc3-c3cccc(-c4cccc(-c5ccc(CNCCO)c(OC)n5)c4Cl)c3Cl)cc(-c3cccc(-c4ccc(CNCCO)c(OC)n4)c3Cl)c2Cl)ccc1CNCCO. The van der Waals surface area contributed by atoms with Crippen molar-refractivity contribution in [3.63, 3.8) is 0 Å². The fourth-order valence-electron chi connectivity index (χ4n) is 9.31. The first-order valence-corrected chi connectivity index (χ1v) is 27.5. The maximum absolute atomic E-state index is 9.61. The van der Waals surface area contributed by atoms with Crippen LogP contribution in [0.1, 0.15) is 27.8 Å². The van der Waals surface area contributed by atoms with E-state index in [2.05, 4.69) is 21.3 Å². The second-order valence-corrected chi connectivity index (χ2v) is 20.0. The van der Waals surface area contributed by atoms with Gasteiger partial charge in [0.2, 0.25) is 11.8 Å². The van der Waals surface area contributed by atoms with Gasteiger partial charge >= 0.3 is 0 Å². The van der Waals surface area contributed by atoms with E-state index >= 15 is 0 Å². The molecule has 0 aliphatic rings. The lowest BCUT2D eigenvalue weighted by atomic mass is 9.93. The summed E-state index contributed by atoms with van der Waals surface area (Å²) in [5.41, 5.74) is 12.4. The number of nitrogens with one attached hydrogen (secondary N) is 4. The van der Waals surface area contributed by atoms with E-state index in [0.29, 0.717) is 152 Å². The van der Waals surface area contributed by atoms with Gasteiger partial charge in [-0.15, -0.1) is 0 Å². The van der Waals surface area contributed by atoms with E-state index in [9.17, 15) is 20.4 Å². The van der Waals surface area contributed by atoms with E-state index in [1.807, 2.05) is 127 Å². The molecule has 14 nitrogen and oxygen atoms in total. The molecule has 0 aliphatic heterocycles. The topological polar surface area (TPSA) is 192 Å². The fraction of sp³-hybridized carbons (Fsp3) is 0.258. The van der Waals surface area contributed by atoms with Crippen LogP contribution in [-0.2, 0) is 32.8 Å². The van der Waals surface area contributed by atoms with E-state index in [4.69, 9.17) is 75.3 Å². The molecule has 18 heteroatoms. The average Bonchev–Trinajstić information content (AvgIpc) is 3.51. The Balaban J connectivity index is 1.20. The maximum atomic E-state index is 9.61. The molecule has 0 bridgehead atoms. The van der Waals surface area contributed by atoms with Gasteiger partial charge in [0.15, 0.2) is 0 Å². The second kappa shape index (κ2) is 29.4. The number of aromatic nitrogens is 2. The van der Waals surface area contributed by atoms with Crippen LogP contribution in [0, 0.1) is 0 Å². The highest BCUT2D eigenvalue weighted by atomic mass is 35.5. The van der Waals surface area contributed by atoms with Gasteiger partial charge in [-0.25, -0.2) is 9.97 Å². The van der Waals surface area contributed by atoms with Gasteiger partial charge in [0.05, 0.1) is 79.2 Å². The second-order valence-electron chi connectivity index (χ2n) is 18.5. The summed E-state index contributed by atoms with van der Waals surface area (Å²) < 4.78 is 24.2. The lowest BCUT2D eigenvalue weighted by molar-refractivity contribution is 0.291. The Bertz CT molecular complexity index is 3410. The molecule has 0 radical (unpaired) electrons. The largest absolute Gasteiger partial charge is 0.496 e. The van der Waals surface area contributed by atoms with Gasteiger partial charge in [0, 0.05) is 119 Å². The summed E-state index contributed by atoms with van der Waals surface area (Å²) in [6, 6.07) is 40.8. The highest BCUT2D eigenvalue weighted by Crippen LogP contribution is 2.47. The first-order chi connectivity index (χ1) is 39.0. The van der Waals surface area contributed by atoms with E-state index in [1.54, 1.807) is 21.3 Å². The van der Waals surface area contributed by atoms with Gasteiger partial charge < -0.3 is 60.6 Å². The standard InChI is InChI=1S/C62H64Cl4N6O8/c1-77-55-32-40(14-15-41(55)34-68-22-26-74)51-29-39(30-52(60(51)66)48-10-6-12-50(59(48)65)54-20-17-43(36-70-24-28-76)62(72-54)79-3)37-80-56-31-38(33-67-21-25-73)13-18-44(56)45-7-4-8-46(57(45)63)47-9-5-11-49(58(47)64)53-19-16-42(35-69-23-27-75)61(71-53)78-2/h4-20,29-32,67-70,73-76H,21-28,33-37H2,1-3H3. The third kappa shape index (κ3) is 14.2. The van der Waals surface area contributed by atoms with E-state index < -0.39 is 0 Å². The van der Waals surface area contributed by atoms with Crippen LogP contribution in [0.15, 0.2) is 127 Å². The number of methoxy groups -OCH3 is 3. The number of rotatable bonds is 28. The van der Waals surface area contributed by atoms with Gasteiger partial charge in [-0.1, -0.05) is 137 Å². The van der Waals surface area contributed by atoms with Crippen molar-refractivity contribution in [2.45, 2.75) is 32.8 Å². The molecule has 0 fully saturated rings. The van der Waals surface area contributed by atoms with Crippen molar-refractivity contribution in [2.75, 3.05) is 73.9 Å². The quantitative estimate of drug-likeness (QED) is 0.0216. The van der Waals surface area contributed by atoms with Gasteiger partial charge in [0.25, 0.3) is 0 Å². The molecule has 2 aromatic heterocycles. The first kappa shape index (κ1) is 59.8. The van der Waals surface area contributed by atoms with Crippen LogP contribution in [0.3, 0.4) is 0 Å². The third-order valence-electron chi connectivity index (χ3n) is 13.3. The van der Waals surface area contributed by atoms with Crippen LogP contribution >= 0.6 is 46.4 Å². The molecule has 8 rings (SSSR count). The number of hydrogen-bond donors (Lipinski definition) is 8. The monoisotopic (exact) mass is 1160 g/mol. The number of pyridine rings is 2. The van der Waals surface area contributed by atoms with Gasteiger partial charge in [-0.2, -0.15) is 0 Å². The minimum atomic E-state index is -0.0182. The summed E-state index contributed by atoms with van der Waals surface area (Å²) in [5.74, 6) is 2.06. The molecule has 6 aromatic carbocycles. The molecule has 0 saturated carbocycles. The van der Waals surface area contributed by atoms with Crippen molar-refractivity contribution in [1.29, 1.82) is 0 Å². The Labute approximate surface area is 486 Å². The summed E-state index contributed by atoms with van der Waals surface area (Å²) in [6.07, 6.45) is 0. The summed E-state index contributed by atoms with van der Waals surface area (Å²) in [7, 11) is 4.75. The molecule has 8 N–H and O–H groups in total. The molecule has 0 amide bonds. The van der Waals surface area contributed by atoms with E-state index in [0.717, 1.165) is 38.9 Å². The predicted molar refractivity (Wildman–Crippen MR) is 320 cm³/mol. The highest BCUT2D eigenvalue weighted by Gasteiger charge is 2.23. The van der Waals surface area contributed by atoms with Crippen molar-refractivity contribution < 1.29 is 39.4 Å². The molecular weight excluding hydrogens is 1100 g/mol. The number of aliphatic hydroxyl groups excluding tert-OH is 4. The Morgan fingerprint density at radius 3 is 1.34 bits per heavy atom. The molecule has 0 aliphatic carbocycles. The summed E-state index contributed by atoms with van der Waals surface area (Å²) >= 11 is 29.8. The van der Waals surface area contributed by atoms with Crippen LogP contribution in [0.4, 0.5) is 0 Å². The number of nitrogens with zero attached hydrogens (tertiary/aromatic N) is 2. The van der Waals surface area contributed by atoms with Crippen molar-refractivity contribution >= 4 is 46.4 Å². The van der Waals surface area contributed by atoms with Crippen molar-refractivity contribution in [2.24, 2.45) is 0 Å². The number of benzene rings is 6. The molecule has 418 valence electrons. The lowest BCUT2D eigenvalue weighted by Gasteiger charge is -2.19. The van der Waals surface area contributed by atoms with E-state index in [-0.39, 0.29) is 33.0 Å². The van der Waals surface area contributed by atoms with Gasteiger partial charge in [-0.3, -0.25) is 0 Å². The number of aliphatic hydroxyl groups is 4. The minimum absolute atomic E-state index is 0.00236. The zero-order chi connectivity index (χ0) is 56.5. The zero-order valence-electron chi connectivity index (χ0n) is 44.6. The normalized spacial score (nSPS) is 11.3. The Kier molecular flexibility index (Phi) is 22.0. The zero-order valence-corrected chi connectivity index (χ0v) is 47.7. The van der Waals surface area contributed by atoms with Crippen molar-refractivity contribution in [3.8, 4) is 90.3 Å². The van der Waals surface area contributed by atoms with Crippen LogP contribution in [0.5, 0.6) is 23.3 Å². The highest BCUT2D eigenvalue weighted by molar-refractivity contribution is 6.40. The number of ether oxygens (including phenoxy) is 4. The Morgan fingerprint density at radius 1 is 0.388 bits per heavy atom. The molecule has 0 saturated heterocycles. The maximum Gasteiger partial charge on any atom is 0.218 e. The molecular formula is C62H64Cl4N6O8. The third-order valence-corrected chi connectivity index (χ3v) is 14.9. The van der Waals surface area contributed by atoms with Gasteiger partial charge in [0.1, 0.15) is 18.1 Å². The van der Waals surface area contributed by atoms with Crippen LogP contribution in [0.25, 0.3) is 67.0 Å². The molecule has 0 unspecified atom stereocenters. The number of hydrogen-bond acceptors (Lipinski definition) is 14. The Hall–Kier alpha value is -6.34. The predicted octanol–water partition coefficient (Wildman–Crippen LogP) is 11.0. The van der Waals surface area contributed by atoms with Crippen LogP contribution in [0.2, 0.25) is 20.1 Å². The van der Waals surface area contributed by atoms with Crippen LogP contribution in [-0.4, -0.2) is 104 Å². The van der Waals surface area contributed by atoms with Gasteiger partial charge in [-0.05, 0) is 53.1 Å². The fourth-order valence-corrected chi connectivity index (χ4v) is 10.6. The molecule has 80 heavy (non-hydrogen) atoms. The summed E-state index contributed by atoms with van der Waals surface area (Å²) in [5, 5.41) is 52.3. The number of halogens is 4. The minimum Gasteiger partial charge on any atom is -0.496 e. The molecule has 0 atom stereocenters.